The van der Waals surface area contributed by atoms with Crippen LogP contribution in [0.3, 0.4) is 0 Å². The van der Waals surface area contributed by atoms with Crippen molar-refractivity contribution < 1.29 is 4.39 Å². The van der Waals surface area contributed by atoms with Crippen LogP contribution in [0.25, 0.3) is 27.8 Å². The van der Waals surface area contributed by atoms with Gasteiger partial charge in [-0.1, -0.05) is 35.6 Å². The Balaban J connectivity index is 1.51. The van der Waals surface area contributed by atoms with Crippen LogP contribution in [-0.4, -0.2) is 19.7 Å². The summed E-state index contributed by atoms with van der Waals surface area (Å²) in [6.07, 6.45) is 1.81. The minimum absolute atomic E-state index is 0.240. The summed E-state index contributed by atoms with van der Waals surface area (Å²) in [7, 11) is 0. The number of imidazole rings is 1. The average molecular weight is 387 g/mol. The summed E-state index contributed by atoms with van der Waals surface area (Å²) < 4.78 is 15.2. The van der Waals surface area contributed by atoms with E-state index in [-0.39, 0.29) is 5.82 Å². The van der Waals surface area contributed by atoms with Crippen LogP contribution in [0, 0.1) is 5.82 Å². The maximum absolute atomic E-state index is 13.2. The summed E-state index contributed by atoms with van der Waals surface area (Å²) >= 11 is 1.45. The number of hydrogen-bond donors (Lipinski definition) is 1. The molecular formula is C21H14FN5S. The zero-order chi connectivity index (χ0) is 18.9. The van der Waals surface area contributed by atoms with Crippen molar-refractivity contribution in [1.82, 2.24) is 19.7 Å². The molecule has 0 radical (unpaired) electrons. The van der Waals surface area contributed by atoms with E-state index in [1.54, 1.807) is 17.6 Å². The van der Waals surface area contributed by atoms with Gasteiger partial charge in [-0.25, -0.2) is 9.37 Å². The van der Waals surface area contributed by atoms with Crippen LogP contribution in [0.1, 0.15) is 0 Å². The molecule has 0 unspecified atom stereocenters. The topological polar surface area (TPSA) is 55.6 Å². The van der Waals surface area contributed by atoms with Gasteiger partial charge in [0.25, 0.3) is 0 Å². The molecule has 0 saturated heterocycles. The fourth-order valence-electron chi connectivity index (χ4n) is 3.12. The van der Waals surface area contributed by atoms with Gasteiger partial charge in [-0.15, -0.1) is 10.2 Å². The van der Waals surface area contributed by atoms with Crippen molar-refractivity contribution in [3.8, 4) is 16.8 Å². The van der Waals surface area contributed by atoms with E-state index in [1.807, 2.05) is 53.4 Å². The molecule has 0 atom stereocenters. The predicted molar refractivity (Wildman–Crippen MR) is 110 cm³/mol. The van der Waals surface area contributed by atoms with E-state index in [4.69, 9.17) is 0 Å². The van der Waals surface area contributed by atoms with Gasteiger partial charge >= 0.3 is 0 Å². The van der Waals surface area contributed by atoms with Crippen molar-refractivity contribution in [2.75, 3.05) is 5.32 Å². The van der Waals surface area contributed by atoms with Crippen molar-refractivity contribution in [3.05, 3.63) is 84.4 Å². The largest absolute Gasteiger partial charge is 0.330 e. The fraction of sp³-hybridized carbons (Fsp3) is 0. The van der Waals surface area contributed by atoms with Crippen molar-refractivity contribution in [1.29, 1.82) is 0 Å². The Hall–Kier alpha value is -3.58. The number of anilines is 2. The summed E-state index contributed by atoms with van der Waals surface area (Å²) in [6, 6.07) is 20.6. The Morgan fingerprint density at radius 2 is 1.79 bits per heavy atom. The molecule has 0 saturated carbocycles. The third-order valence-corrected chi connectivity index (χ3v) is 5.07. The Bertz CT molecular complexity index is 1250. The molecule has 0 aliphatic rings. The first-order valence-electron chi connectivity index (χ1n) is 8.63. The lowest BCUT2D eigenvalue weighted by Crippen LogP contribution is -1.95. The standard InChI is InChI=1S/C21H14FN5S/c22-16-7-4-14(5-8-16)15-6-9-20-19(10-15)23-12-27(20)18-3-1-2-17(11-18)25-21-26-24-13-28-21/h1-13H,(H,25,26). The van der Waals surface area contributed by atoms with E-state index in [0.717, 1.165) is 38.7 Å². The van der Waals surface area contributed by atoms with Gasteiger partial charge in [0.2, 0.25) is 5.13 Å². The first-order chi connectivity index (χ1) is 13.8. The molecule has 0 spiro atoms. The summed E-state index contributed by atoms with van der Waals surface area (Å²) in [6.45, 7) is 0. The summed E-state index contributed by atoms with van der Waals surface area (Å²) in [5.41, 5.74) is 7.45. The number of halogens is 1. The highest BCUT2D eigenvalue weighted by molar-refractivity contribution is 7.13. The number of hydrogen-bond acceptors (Lipinski definition) is 5. The van der Waals surface area contributed by atoms with Crippen LogP contribution in [0.2, 0.25) is 0 Å². The molecule has 2 heterocycles. The Labute approximate surface area is 164 Å². The van der Waals surface area contributed by atoms with Crippen LogP contribution in [0.4, 0.5) is 15.2 Å². The van der Waals surface area contributed by atoms with Gasteiger partial charge in [-0.2, -0.15) is 0 Å². The Morgan fingerprint density at radius 1 is 0.929 bits per heavy atom. The summed E-state index contributed by atoms with van der Waals surface area (Å²) in [4.78, 5) is 4.55. The van der Waals surface area contributed by atoms with Crippen LogP contribution in [0.5, 0.6) is 0 Å². The SMILES string of the molecule is Fc1ccc(-c2ccc3c(c2)ncn3-c2cccc(Nc3nncs3)c2)cc1. The normalized spacial score (nSPS) is 11.0. The molecule has 7 heteroatoms. The van der Waals surface area contributed by atoms with Gasteiger partial charge in [0.15, 0.2) is 0 Å². The molecule has 0 aliphatic heterocycles. The number of rotatable bonds is 4. The van der Waals surface area contributed by atoms with Crippen LogP contribution < -0.4 is 5.32 Å². The van der Waals surface area contributed by atoms with Crippen LogP contribution in [-0.2, 0) is 0 Å². The van der Waals surface area contributed by atoms with E-state index < -0.39 is 0 Å². The fourth-order valence-corrected chi connectivity index (χ4v) is 3.59. The quantitative estimate of drug-likeness (QED) is 0.447. The predicted octanol–water partition coefficient (Wildman–Crippen LogP) is 5.43. The number of nitrogens with zero attached hydrogens (tertiary/aromatic N) is 4. The molecule has 28 heavy (non-hydrogen) atoms. The minimum atomic E-state index is -0.240. The van der Waals surface area contributed by atoms with Gasteiger partial charge in [-0.3, -0.25) is 4.57 Å². The van der Waals surface area contributed by atoms with Crippen molar-refractivity contribution in [3.63, 3.8) is 0 Å². The number of fused-ring (bicyclic) bond motifs is 1. The molecule has 0 amide bonds. The van der Waals surface area contributed by atoms with Crippen LogP contribution >= 0.6 is 11.3 Å². The molecular weight excluding hydrogens is 373 g/mol. The summed E-state index contributed by atoms with van der Waals surface area (Å²) in [5, 5.41) is 11.8. The molecule has 3 aromatic carbocycles. The van der Waals surface area contributed by atoms with Gasteiger partial charge < -0.3 is 5.32 Å². The number of nitrogens with one attached hydrogen (secondary N) is 1. The second kappa shape index (κ2) is 6.86. The first-order valence-corrected chi connectivity index (χ1v) is 9.51. The van der Waals surface area contributed by atoms with E-state index in [2.05, 4.69) is 20.5 Å². The van der Waals surface area contributed by atoms with E-state index in [9.17, 15) is 4.39 Å². The highest BCUT2D eigenvalue weighted by Gasteiger charge is 2.08. The second-order valence-corrected chi connectivity index (χ2v) is 7.08. The molecule has 5 aromatic rings. The summed E-state index contributed by atoms with van der Waals surface area (Å²) in [5.74, 6) is -0.240. The lowest BCUT2D eigenvalue weighted by Gasteiger charge is -2.08. The zero-order valence-corrected chi connectivity index (χ0v) is 15.4. The lowest BCUT2D eigenvalue weighted by molar-refractivity contribution is 0.628. The minimum Gasteiger partial charge on any atom is -0.330 e. The van der Waals surface area contributed by atoms with Gasteiger partial charge in [-0.05, 0) is 53.6 Å². The molecule has 0 fully saturated rings. The molecule has 0 aliphatic carbocycles. The Morgan fingerprint density at radius 3 is 2.61 bits per heavy atom. The molecule has 2 aromatic heterocycles. The molecule has 136 valence electrons. The maximum atomic E-state index is 13.2. The number of benzene rings is 3. The Kier molecular flexibility index (Phi) is 4.06. The molecule has 0 bridgehead atoms. The van der Waals surface area contributed by atoms with Gasteiger partial charge in [0.05, 0.1) is 11.0 Å². The highest BCUT2D eigenvalue weighted by atomic mass is 32.1. The van der Waals surface area contributed by atoms with E-state index >= 15 is 0 Å². The monoisotopic (exact) mass is 387 g/mol. The second-order valence-electron chi connectivity index (χ2n) is 6.24. The molecule has 5 rings (SSSR count). The third-order valence-electron chi connectivity index (χ3n) is 4.46. The zero-order valence-electron chi connectivity index (χ0n) is 14.6. The first kappa shape index (κ1) is 16.6. The van der Waals surface area contributed by atoms with Crippen molar-refractivity contribution in [2.45, 2.75) is 0 Å². The lowest BCUT2D eigenvalue weighted by atomic mass is 10.1. The van der Waals surface area contributed by atoms with E-state index in [1.165, 1.54) is 23.5 Å². The molecule has 5 nitrogen and oxygen atoms in total. The van der Waals surface area contributed by atoms with Crippen molar-refractivity contribution >= 4 is 33.2 Å². The number of aromatic nitrogens is 4. The van der Waals surface area contributed by atoms with E-state index in [0.29, 0.717) is 0 Å². The molecule has 1 N–H and O–H groups in total. The smallest absolute Gasteiger partial charge is 0.209 e. The highest BCUT2D eigenvalue weighted by Crippen LogP contribution is 2.27. The van der Waals surface area contributed by atoms with Gasteiger partial charge in [0.1, 0.15) is 17.7 Å². The maximum Gasteiger partial charge on any atom is 0.209 e. The van der Waals surface area contributed by atoms with Gasteiger partial charge in [0, 0.05) is 11.4 Å². The van der Waals surface area contributed by atoms with Crippen molar-refractivity contribution in [2.24, 2.45) is 0 Å². The average Bonchev–Trinajstić information content (AvgIpc) is 3.38. The third kappa shape index (κ3) is 3.12. The van der Waals surface area contributed by atoms with Crippen LogP contribution in [0.15, 0.2) is 78.6 Å².